The van der Waals surface area contributed by atoms with Crippen LogP contribution in [0.1, 0.15) is 110 Å². The van der Waals surface area contributed by atoms with Gasteiger partial charge in [-0.15, -0.1) is 0 Å². The van der Waals surface area contributed by atoms with E-state index < -0.39 is 18.5 Å². The molecule has 4 atom stereocenters. The van der Waals surface area contributed by atoms with Gasteiger partial charge in [0, 0.05) is 12.9 Å². The number of methoxy groups -OCH3 is 1. The van der Waals surface area contributed by atoms with Crippen molar-refractivity contribution in [3.63, 3.8) is 0 Å². The predicted molar refractivity (Wildman–Crippen MR) is 125 cm³/mol. The van der Waals surface area contributed by atoms with Crippen LogP contribution in [0.15, 0.2) is 0 Å². The largest absolute Gasteiger partial charge is 0.387 e. The first-order valence-electron chi connectivity index (χ1n) is 12.3. The summed E-state index contributed by atoms with van der Waals surface area (Å²) in [6.45, 7) is 2.28. The summed E-state index contributed by atoms with van der Waals surface area (Å²) >= 11 is 1.80. The fourth-order valence-electron chi connectivity index (χ4n) is 4.00. The Hall–Kier alpha value is 0.190. The second kappa shape index (κ2) is 18.9. The molecule has 0 aromatic heterocycles. The van der Waals surface area contributed by atoms with Gasteiger partial charge in [-0.3, -0.25) is 0 Å². The predicted octanol–water partition coefficient (Wildman–Crippen LogP) is 6.07. The molecule has 0 spiro atoms. The van der Waals surface area contributed by atoms with Crippen LogP contribution < -0.4 is 0 Å². The second-order valence-electron chi connectivity index (χ2n) is 8.64. The molecular formula is C24H48O4S. The van der Waals surface area contributed by atoms with Gasteiger partial charge in [-0.1, -0.05) is 103 Å². The molecule has 29 heavy (non-hydrogen) atoms. The standard InChI is InChI=1S/C24H48O4S/c1-3-4-5-6-7-8-9-10-11-12-13-14-15-16-17-18-19-29-20-21-22(25)23(26)24(27-2)28-21/h21-26H,3-20H2,1-2H3/t21-,22+,23-,24?/m1/s1. The minimum atomic E-state index is -0.929. The van der Waals surface area contributed by atoms with Crippen molar-refractivity contribution < 1.29 is 19.7 Å². The van der Waals surface area contributed by atoms with Crippen molar-refractivity contribution in [1.82, 2.24) is 0 Å². The molecule has 1 rings (SSSR count). The van der Waals surface area contributed by atoms with Gasteiger partial charge >= 0.3 is 0 Å². The molecule has 0 aliphatic carbocycles. The van der Waals surface area contributed by atoms with E-state index in [0.29, 0.717) is 0 Å². The molecule has 0 aromatic carbocycles. The summed E-state index contributed by atoms with van der Waals surface area (Å²) in [7, 11) is 1.49. The van der Waals surface area contributed by atoms with Gasteiger partial charge in [0.05, 0.1) is 6.10 Å². The van der Waals surface area contributed by atoms with Crippen LogP contribution in [-0.4, -0.2) is 53.4 Å². The van der Waals surface area contributed by atoms with Gasteiger partial charge in [-0.05, 0) is 12.2 Å². The molecule has 2 N–H and O–H groups in total. The lowest BCUT2D eigenvalue weighted by atomic mass is 10.0. The van der Waals surface area contributed by atoms with Crippen LogP contribution >= 0.6 is 11.8 Å². The molecule has 0 bridgehead atoms. The summed E-state index contributed by atoms with van der Waals surface area (Å²) in [6.07, 6.45) is 19.5. The summed E-state index contributed by atoms with van der Waals surface area (Å²) in [5.74, 6) is 1.82. The molecule has 174 valence electrons. The normalized spacial score (nSPS) is 24.4. The minimum absolute atomic E-state index is 0.319. The van der Waals surface area contributed by atoms with Gasteiger partial charge in [0.15, 0.2) is 6.29 Å². The molecule has 4 nitrogen and oxygen atoms in total. The lowest BCUT2D eigenvalue weighted by Crippen LogP contribution is -2.33. The van der Waals surface area contributed by atoms with E-state index in [1.54, 1.807) is 11.8 Å². The number of aliphatic hydroxyl groups excluding tert-OH is 2. The fourth-order valence-corrected chi connectivity index (χ4v) is 5.08. The Kier molecular flexibility index (Phi) is 17.8. The molecule has 1 aliphatic heterocycles. The van der Waals surface area contributed by atoms with Gasteiger partial charge in [-0.25, -0.2) is 0 Å². The molecular weight excluding hydrogens is 384 g/mol. The Bertz CT molecular complexity index is 356. The van der Waals surface area contributed by atoms with Crippen molar-refractivity contribution in [2.24, 2.45) is 0 Å². The number of rotatable bonds is 20. The average Bonchev–Trinajstić information content (AvgIpc) is 3.00. The molecule has 0 radical (unpaired) electrons. The third-order valence-electron chi connectivity index (χ3n) is 5.98. The highest BCUT2D eigenvalue weighted by molar-refractivity contribution is 7.99. The molecule has 0 aromatic rings. The molecule has 0 saturated carbocycles. The van der Waals surface area contributed by atoms with Crippen LogP contribution in [-0.2, 0) is 9.47 Å². The summed E-state index contributed by atoms with van der Waals surface area (Å²) in [4.78, 5) is 0. The van der Waals surface area contributed by atoms with Crippen LogP contribution in [0.5, 0.6) is 0 Å². The summed E-state index contributed by atoms with van der Waals surface area (Å²) in [6, 6.07) is 0. The van der Waals surface area contributed by atoms with E-state index in [9.17, 15) is 10.2 Å². The van der Waals surface area contributed by atoms with E-state index in [0.717, 1.165) is 11.5 Å². The van der Waals surface area contributed by atoms with E-state index in [1.165, 1.54) is 110 Å². The van der Waals surface area contributed by atoms with Crippen LogP contribution in [0.25, 0.3) is 0 Å². The lowest BCUT2D eigenvalue weighted by molar-refractivity contribution is -0.145. The van der Waals surface area contributed by atoms with Gasteiger partial charge in [0.25, 0.3) is 0 Å². The summed E-state index contributed by atoms with van der Waals surface area (Å²) in [5, 5.41) is 19.7. The Morgan fingerprint density at radius 1 is 0.690 bits per heavy atom. The van der Waals surface area contributed by atoms with Crippen LogP contribution in [0.2, 0.25) is 0 Å². The monoisotopic (exact) mass is 432 g/mol. The second-order valence-corrected chi connectivity index (χ2v) is 9.79. The van der Waals surface area contributed by atoms with Crippen molar-refractivity contribution in [3.8, 4) is 0 Å². The van der Waals surface area contributed by atoms with Gasteiger partial charge < -0.3 is 19.7 Å². The molecule has 1 aliphatic rings. The van der Waals surface area contributed by atoms with Gasteiger partial charge in [0.1, 0.15) is 12.2 Å². The minimum Gasteiger partial charge on any atom is -0.387 e. The first-order chi connectivity index (χ1) is 14.2. The van der Waals surface area contributed by atoms with Crippen molar-refractivity contribution in [2.45, 2.75) is 134 Å². The fraction of sp³-hybridized carbons (Fsp3) is 1.00. The number of thioether (sulfide) groups is 1. The van der Waals surface area contributed by atoms with E-state index in [1.807, 2.05) is 0 Å². The number of aliphatic hydroxyl groups is 2. The van der Waals surface area contributed by atoms with Gasteiger partial charge in [0.2, 0.25) is 0 Å². The molecule has 5 heteroatoms. The quantitative estimate of drug-likeness (QED) is 0.229. The zero-order valence-electron chi connectivity index (χ0n) is 19.2. The number of ether oxygens (including phenoxy) is 2. The zero-order chi connectivity index (χ0) is 21.2. The number of hydrogen-bond acceptors (Lipinski definition) is 5. The number of hydrogen-bond donors (Lipinski definition) is 2. The Labute approximate surface area is 184 Å². The third kappa shape index (κ3) is 13.3. The van der Waals surface area contributed by atoms with Crippen LogP contribution in [0, 0.1) is 0 Å². The smallest absolute Gasteiger partial charge is 0.186 e. The molecule has 1 saturated heterocycles. The lowest BCUT2D eigenvalue weighted by Gasteiger charge is -2.13. The highest BCUT2D eigenvalue weighted by Gasteiger charge is 2.42. The average molecular weight is 433 g/mol. The SMILES string of the molecule is CCCCCCCCCCCCCCCCCCSC[C@H]1OC(OC)[C@H](O)[C@H]1O. The van der Waals surface area contributed by atoms with Crippen molar-refractivity contribution in [1.29, 1.82) is 0 Å². The van der Waals surface area contributed by atoms with Crippen molar-refractivity contribution in [2.75, 3.05) is 18.6 Å². The maximum Gasteiger partial charge on any atom is 0.186 e. The Morgan fingerprint density at radius 2 is 1.14 bits per heavy atom. The van der Waals surface area contributed by atoms with E-state index in [2.05, 4.69) is 6.92 Å². The molecule has 0 amide bonds. The van der Waals surface area contributed by atoms with E-state index in [-0.39, 0.29) is 6.10 Å². The number of unbranched alkanes of at least 4 members (excludes halogenated alkanes) is 15. The van der Waals surface area contributed by atoms with Gasteiger partial charge in [-0.2, -0.15) is 11.8 Å². The van der Waals surface area contributed by atoms with Crippen molar-refractivity contribution >= 4 is 11.8 Å². The molecule has 1 fully saturated rings. The first-order valence-corrected chi connectivity index (χ1v) is 13.5. The maximum absolute atomic E-state index is 9.93. The van der Waals surface area contributed by atoms with Crippen LogP contribution in [0.4, 0.5) is 0 Å². The van der Waals surface area contributed by atoms with E-state index in [4.69, 9.17) is 9.47 Å². The van der Waals surface area contributed by atoms with Crippen LogP contribution in [0.3, 0.4) is 0 Å². The highest BCUT2D eigenvalue weighted by atomic mass is 32.2. The summed E-state index contributed by atoms with van der Waals surface area (Å²) in [5.41, 5.74) is 0. The highest BCUT2D eigenvalue weighted by Crippen LogP contribution is 2.25. The summed E-state index contributed by atoms with van der Waals surface area (Å²) < 4.78 is 10.5. The van der Waals surface area contributed by atoms with E-state index >= 15 is 0 Å². The Morgan fingerprint density at radius 3 is 1.55 bits per heavy atom. The maximum atomic E-state index is 9.93. The topological polar surface area (TPSA) is 58.9 Å². The zero-order valence-corrected chi connectivity index (χ0v) is 20.0. The molecule has 1 heterocycles. The first kappa shape index (κ1) is 27.2. The third-order valence-corrected chi connectivity index (χ3v) is 7.12. The molecule has 1 unspecified atom stereocenters. The Balaban J connectivity index is 1.75. The van der Waals surface area contributed by atoms with Crippen molar-refractivity contribution in [3.05, 3.63) is 0 Å².